The molecule has 0 bridgehead atoms. The van der Waals surface area contributed by atoms with E-state index in [1.54, 1.807) is 0 Å². The molecule has 0 radical (unpaired) electrons. The lowest BCUT2D eigenvalue weighted by atomic mass is 9.76. The van der Waals surface area contributed by atoms with E-state index in [1.165, 1.54) is 58.2 Å². The fourth-order valence-corrected chi connectivity index (χ4v) is 4.30. The summed E-state index contributed by atoms with van der Waals surface area (Å²) < 4.78 is 0. The van der Waals surface area contributed by atoms with Gasteiger partial charge in [0.15, 0.2) is 0 Å². The molecule has 4 atom stereocenters. The zero-order chi connectivity index (χ0) is 14.8. The van der Waals surface area contributed by atoms with Gasteiger partial charge in [-0.25, -0.2) is 0 Å². The number of likely N-dealkylation sites (tertiary alicyclic amines) is 1. The highest BCUT2D eigenvalue weighted by molar-refractivity contribution is 4.89. The number of hydrogen-bond donors (Lipinski definition) is 1. The van der Waals surface area contributed by atoms with Crippen molar-refractivity contribution in [3.63, 3.8) is 0 Å². The minimum atomic E-state index is 0.455. The van der Waals surface area contributed by atoms with Gasteiger partial charge in [0.1, 0.15) is 0 Å². The third-order valence-corrected chi connectivity index (χ3v) is 5.84. The van der Waals surface area contributed by atoms with Crippen molar-refractivity contribution in [3.05, 3.63) is 0 Å². The fourth-order valence-electron chi connectivity index (χ4n) is 4.30. The Labute approximate surface area is 126 Å². The maximum atomic E-state index is 6.41. The Hall–Kier alpha value is -0.0800. The molecule has 0 aromatic heterocycles. The van der Waals surface area contributed by atoms with Crippen molar-refractivity contribution >= 4 is 0 Å². The Morgan fingerprint density at radius 2 is 1.90 bits per heavy atom. The van der Waals surface area contributed by atoms with Crippen LogP contribution in [0.2, 0.25) is 0 Å². The van der Waals surface area contributed by atoms with E-state index in [1.807, 2.05) is 0 Å². The zero-order valence-corrected chi connectivity index (χ0v) is 14.2. The summed E-state index contributed by atoms with van der Waals surface area (Å²) in [7, 11) is 0. The van der Waals surface area contributed by atoms with Crippen LogP contribution in [0.3, 0.4) is 0 Å². The van der Waals surface area contributed by atoms with Gasteiger partial charge in [-0.15, -0.1) is 0 Å². The molecule has 2 nitrogen and oxygen atoms in total. The predicted octanol–water partition coefficient (Wildman–Crippen LogP) is 3.90. The summed E-state index contributed by atoms with van der Waals surface area (Å²) in [6.45, 7) is 13.3. The molecule has 4 unspecified atom stereocenters. The van der Waals surface area contributed by atoms with Crippen LogP contribution in [-0.2, 0) is 0 Å². The Morgan fingerprint density at radius 3 is 2.50 bits per heavy atom. The highest BCUT2D eigenvalue weighted by Crippen LogP contribution is 2.36. The van der Waals surface area contributed by atoms with Gasteiger partial charge in [-0.2, -0.15) is 0 Å². The van der Waals surface area contributed by atoms with E-state index in [4.69, 9.17) is 5.73 Å². The maximum absolute atomic E-state index is 6.41. The van der Waals surface area contributed by atoms with E-state index < -0.39 is 0 Å². The molecule has 2 rings (SSSR count). The second kappa shape index (κ2) is 6.79. The van der Waals surface area contributed by atoms with Crippen LogP contribution in [0.5, 0.6) is 0 Å². The molecule has 1 heterocycles. The first kappa shape index (κ1) is 16.3. The molecule has 2 fully saturated rings. The summed E-state index contributed by atoms with van der Waals surface area (Å²) in [5.41, 5.74) is 6.88. The van der Waals surface area contributed by atoms with Crippen molar-refractivity contribution in [3.8, 4) is 0 Å². The molecular formula is C18H36N2. The summed E-state index contributed by atoms with van der Waals surface area (Å²) in [6.07, 6.45) is 8.13. The molecule has 2 heteroatoms. The van der Waals surface area contributed by atoms with Gasteiger partial charge in [0, 0.05) is 19.1 Å². The van der Waals surface area contributed by atoms with Crippen molar-refractivity contribution in [2.45, 2.75) is 72.3 Å². The van der Waals surface area contributed by atoms with E-state index in [0.29, 0.717) is 11.5 Å². The number of hydrogen-bond acceptors (Lipinski definition) is 2. The second-order valence-corrected chi connectivity index (χ2v) is 8.50. The quantitative estimate of drug-likeness (QED) is 0.846. The van der Waals surface area contributed by atoms with Crippen LogP contribution >= 0.6 is 0 Å². The lowest BCUT2D eigenvalue weighted by Crippen LogP contribution is -2.43. The molecule has 1 aliphatic carbocycles. The SMILES string of the molecule is CCCC1CCC(N)C(CN2CCC(C(C)(C)C)C2)C1. The Kier molecular flexibility index (Phi) is 5.53. The van der Waals surface area contributed by atoms with E-state index in [9.17, 15) is 0 Å². The van der Waals surface area contributed by atoms with Gasteiger partial charge in [0.25, 0.3) is 0 Å². The van der Waals surface area contributed by atoms with Gasteiger partial charge < -0.3 is 10.6 Å². The molecule has 2 aliphatic rings. The van der Waals surface area contributed by atoms with Crippen LogP contribution in [0.4, 0.5) is 0 Å². The minimum absolute atomic E-state index is 0.455. The molecule has 118 valence electrons. The molecule has 0 spiro atoms. The smallest absolute Gasteiger partial charge is 0.00795 e. The Balaban J connectivity index is 1.83. The van der Waals surface area contributed by atoms with Crippen LogP contribution in [0.1, 0.15) is 66.2 Å². The standard InChI is InChI=1S/C18H36N2/c1-5-6-14-7-8-17(19)15(11-14)12-20-10-9-16(13-20)18(2,3)4/h14-17H,5-13,19H2,1-4H3. The molecule has 0 amide bonds. The van der Waals surface area contributed by atoms with Crippen LogP contribution in [0, 0.1) is 23.2 Å². The van der Waals surface area contributed by atoms with Crippen LogP contribution in [0.15, 0.2) is 0 Å². The largest absolute Gasteiger partial charge is 0.327 e. The zero-order valence-electron chi connectivity index (χ0n) is 14.2. The topological polar surface area (TPSA) is 29.3 Å². The summed E-state index contributed by atoms with van der Waals surface area (Å²) in [4.78, 5) is 2.70. The van der Waals surface area contributed by atoms with Gasteiger partial charge in [-0.05, 0) is 55.4 Å². The Bertz CT molecular complexity index is 294. The molecule has 1 saturated heterocycles. The average Bonchev–Trinajstić information content (AvgIpc) is 2.82. The summed E-state index contributed by atoms with van der Waals surface area (Å²) in [6, 6.07) is 0.455. The average molecular weight is 281 g/mol. The normalized spacial score (nSPS) is 36.5. The lowest BCUT2D eigenvalue weighted by molar-refractivity contribution is 0.156. The van der Waals surface area contributed by atoms with Crippen molar-refractivity contribution in [2.24, 2.45) is 28.9 Å². The highest BCUT2D eigenvalue weighted by Gasteiger charge is 2.35. The van der Waals surface area contributed by atoms with Crippen LogP contribution in [0.25, 0.3) is 0 Å². The van der Waals surface area contributed by atoms with Crippen LogP contribution < -0.4 is 5.73 Å². The number of nitrogens with zero attached hydrogens (tertiary/aromatic N) is 1. The van der Waals surface area contributed by atoms with Gasteiger partial charge in [0.05, 0.1) is 0 Å². The third kappa shape index (κ3) is 4.21. The number of rotatable bonds is 4. The van der Waals surface area contributed by atoms with E-state index >= 15 is 0 Å². The van der Waals surface area contributed by atoms with Crippen molar-refractivity contribution in [1.29, 1.82) is 0 Å². The van der Waals surface area contributed by atoms with Gasteiger partial charge in [0.2, 0.25) is 0 Å². The van der Waals surface area contributed by atoms with Crippen molar-refractivity contribution in [1.82, 2.24) is 4.90 Å². The van der Waals surface area contributed by atoms with E-state index in [-0.39, 0.29) is 0 Å². The number of nitrogens with two attached hydrogens (primary N) is 1. The maximum Gasteiger partial charge on any atom is 0.00795 e. The van der Waals surface area contributed by atoms with Gasteiger partial charge in [-0.1, -0.05) is 40.5 Å². The monoisotopic (exact) mass is 280 g/mol. The first-order chi connectivity index (χ1) is 9.40. The molecule has 2 N–H and O–H groups in total. The molecule has 1 aliphatic heterocycles. The van der Waals surface area contributed by atoms with Gasteiger partial charge in [-0.3, -0.25) is 0 Å². The van der Waals surface area contributed by atoms with E-state index in [2.05, 4.69) is 32.6 Å². The molecule has 0 aromatic carbocycles. The van der Waals surface area contributed by atoms with Crippen LogP contribution in [-0.4, -0.2) is 30.6 Å². The second-order valence-electron chi connectivity index (χ2n) is 8.50. The summed E-state index contributed by atoms with van der Waals surface area (Å²) in [5.74, 6) is 2.57. The molecule has 0 aromatic rings. The summed E-state index contributed by atoms with van der Waals surface area (Å²) in [5, 5.41) is 0. The lowest BCUT2D eigenvalue weighted by Gasteiger charge is -2.36. The van der Waals surface area contributed by atoms with Crippen molar-refractivity contribution in [2.75, 3.05) is 19.6 Å². The first-order valence-electron chi connectivity index (χ1n) is 8.88. The summed E-state index contributed by atoms with van der Waals surface area (Å²) >= 11 is 0. The van der Waals surface area contributed by atoms with E-state index in [0.717, 1.165) is 17.8 Å². The Morgan fingerprint density at radius 1 is 1.15 bits per heavy atom. The predicted molar refractivity (Wildman–Crippen MR) is 87.7 cm³/mol. The minimum Gasteiger partial charge on any atom is -0.327 e. The highest BCUT2D eigenvalue weighted by atomic mass is 15.2. The molecule has 1 saturated carbocycles. The van der Waals surface area contributed by atoms with Crippen molar-refractivity contribution < 1.29 is 0 Å². The van der Waals surface area contributed by atoms with Gasteiger partial charge >= 0.3 is 0 Å². The fraction of sp³-hybridized carbons (Fsp3) is 1.00. The molecule has 20 heavy (non-hydrogen) atoms. The molecular weight excluding hydrogens is 244 g/mol. The first-order valence-corrected chi connectivity index (χ1v) is 8.88. The third-order valence-electron chi connectivity index (χ3n) is 5.84.